The number of aliphatic hydroxyl groups excluding tert-OH is 1. The summed E-state index contributed by atoms with van der Waals surface area (Å²) in [5.41, 5.74) is 8.69. The minimum Gasteiger partial charge on any atom is -0.396 e. The molecule has 200 valence electrons. The fourth-order valence-corrected chi connectivity index (χ4v) is 5.45. The maximum atomic E-state index is 13.5. The second-order valence-corrected chi connectivity index (χ2v) is 11.5. The Bertz CT molecular complexity index is 1340. The third-order valence-corrected chi connectivity index (χ3v) is 7.83. The Balaban J connectivity index is 1.47. The van der Waals surface area contributed by atoms with Gasteiger partial charge in [-0.15, -0.1) is 11.3 Å². The van der Waals surface area contributed by atoms with Gasteiger partial charge in [0, 0.05) is 37.0 Å². The summed E-state index contributed by atoms with van der Waals surface area (Å²) in [5.74, 6) is -0.865. The van der Waals surface area contributed by atoms with E-state index in [0.29, 0.717) is 39.9 Å². The molecule has 3 aromatic rings. The molecule has 3 amide bonds. The third kappa shape index (κ3) is 6.24. The standard InChI is InChI=1S/C28H31ClN4O4S/c1-28(2,32-26(36)23-10-11-24(29)38-23)27(37)33-14-12-17-4-3-5-20(21(17)16-33)25(35)31-19-8-6-18(7-9-19)22(30)13-15-34/h3-11,22,34H,12-16,30H2,1-2H3,(H,31,35)(H,32,36). The predicted octanol–water partition coefficient (Wildman–Crippen LogP) is 4.13. The van der Waals surface area contributed by atoms with E-state index in [1.54, 1.807) is 49.1 Å². The van der Waals surface area contributed by atoms with Crippen molar-refractivity contribution in [2.24, 2.45) is 5.73 Å². The molecule has 5 N–H and O–H groups in total. The van der Waals surface area contributed by atoms with Crippen molar-refractivity contribution in [3.63, 3.8) is 0 Å². The topological polar surface area (TPSA) is 125 Å². The Morgan fingerprint density at radius 2 is 1.84 bits per heavy atom. The zero-order valence-corrected chi connectivity index (χ0v) is 22.9. The number of aliphatic hydroxyl groups is 1. The largest absolute Gasteiger partial charge is 0.396 e. The summed E-state index contributed by atoms with van der Waals surface area (Å²) in [6.45, 7) is 4.10. The minimum atomic E-state index is -1.15. The summed E-state index contributed by atoms with van der Waals surface area (Å²) < 4.78 is 0.499. The number of nitrogens with two attached hydrogens (primary N) is 1. The van der Waals surface area contributed by atoms with Crippen molar-refractivity contribution in [2.75, 3.05) is 18.5 Å². The van der Waals surface area contributed by atoms with Gasteiger partial charge in [-0.25, -0.2) is 0 Å². The van der Waals surface area contributed by atoms with Crippen LogP contribution in [0.4, 0.5) is 5.69 Å². The Morgan fingerprint density at radius 3 is 2.50 bits per heavy atom. The predicted molar refractivity (Wildman–Crippen MR) is 149 cm³/mol. The molecular weight excluding hydrogens is 524 g/mol. The third-order valence-electron chi connectivity index (χ3n) is 6.60. The molecule has 0 saturated carbocycles. The van der Waals surface area contributed by atoms with Gasteiger partial charge in [-0.2, -0.15) is 0 Å². The number of hydrogen-bond acceptors (Lipinski definition) is 6. The van der Waals surface area contributed by atoms with Gasteiger partial charge in [-0.1, -0.05) is 35.9 Å². The summed E-state index contributed by atoms with van der Waals surface area (Å²) in [7, 11) is 0. The molecule has 1 aromatic heterocycles. The fourth-order valence-electron chi connectivity index (χ4n) is 4.52. The van der Waals surface area contributed by atoms with E-state index in [4.69, 9.17) is 22.4 Å². The average Bonchev–Trinajstić information content (AvgIpc) is 3.34. The van der Waals surface area contributed by atoms with Crippen LogP contribution in [0.3, 0.4) is 0 Å². The van der Waals surface area contributed by atoms with Gasteiger partial charge in [0.05, 0.1) is 9.21 Å². The molecule has 8 nitrogen and oxygen atoms in total. The van der Waals surface area contributed by atoms with Gasteiger partial charge < -0.3 is 26.4 Å². The van der Waals surface area contributed by atoms with Crippen LogP contribution in [0, 0.1) is 0 Å². The number of nitrogens with zero attached hydrogens (tertiary/aromatic N) is 1. The smallest absolute Gasteiger partial charge is 0.262 e. The molecule has 2 heterocycles. The maximum Gasteiger partial charge on any atom is 0.262 e. The molecule has 10 heteroatoms. The van der Waals surface area contributed by atoms with Crippen LogP contribution in [-0.4, -0.2) is 46.4 Å². The first-order valence-electron chi connectivity index (χ1n) is 12.3. The highest BCUT2D eigenvalue weighted by molar-refractivity contribution is 7.18. The average molecular weight is 555 g/mol. The van der Waals surface area contributed by atoms with Crippen LogP contribution in [0.15, 0.2) is 54.6 Å². The number of halogens is 1. The van der Waals surface area contributed by atoms with Gasteiger partial charge >= 0.3 is 0 Å². The van der Waals surface area contributed by atoms with Gasteiger partial charge in [-0.3, -0.25) is 14.4 Å². The molecule has 0 radical (unpaired) electrons. The number of benzene rings is 2. The van der Waals surface area contributed by atoms with E-state index in [0.717, 1.165) is 28.0 Å². The quantitative estimate of drug-likeness (QED) is 0.333. The lowest BCUT2D eigenvalue weighted by atomic mass is 9.92. The Morgan fingerprint density at radius 1 is 1.11 bits per heavy atom. The van der Waals surface area contributed by atoms with Crippen LogP contribution in [0.5, 0.6) is 0 Å². The summed E-state index contributed by atoms with van der Waals surface area (Å²) >= 11 is 7.10. The van der Waals surface area contributed by atoms with Crippen molar-refractivity contribution in [2.45, 2.75) is 44.8 Å². The molecule has 2 aromatic carbocycles. The van der Waals surface area contributed by atoms with Crippen LogP contribution in [0.2, 0.25) is 4.34 Å². The number of amides is 3. The molecule has 1 aliphatic heterocycles. The van der Waals surface area contributed by atoms with E-state index in [1.165, 1.54) is 0 Å². The lowest BCUT2D eigenvalue weighted by molar-refractivity contribution is -0.137. The van der Waals surface area contributed by atoms with Crippen molar-refractivity contribution in [3.05, 3.63) is 86.1 Å². The lowest BCUT2D eigenvalue weighted by Crippen LogP contribution is -2.56. The van der Waals surface area contributed by atoms with Crippen molar-refractivity contribution in [1.82, 2.24) is 10.2 Å². The molecule has 0 bridgehead atoms. The van der Waals surface area contributed by atoms with Gasteiger partial charge in [-0.05, 0) is 73.7 Å². The van der Waals surface area contributed by atoms with Gasteiger partial charge in [0.2, 0.25) is 5.91 Å². The molecule has 0 aliphatic carbocycles. The van der Waals surface area contributed by atoms with Crippen molar-refractivity contribution < 1.29 is 19.5 Å². The molecule has 1 unspecified atom stereocenters. The molecule has 0 saturated heterocycles. The summed E-state index contributed by atoms with van der Waals surface area (Å²) in [6, 6.07) is 15.8. The number of rotatable bonds is 8. The second kappa shape index (κ2) is 11.7. The summed E-state index contributed by atoms with van der Waals surface area (Å²) in [5, 5.41) is 14.8. The van der Waals surface area contributed by atoms with Crippen molar-refractivity contribution in [3.8, 4) is 0 Å². The molecular formula is C28H31ClN4O4S. The Kier molecular flexibility index (Phi) is 8.52. The van der Waals surface area contributed by atoms with Crippen molar-refractivity contribution >= 4 is 46.3 Å². The van der Waals surface area contributed by atoms with Crippen LogP contribution >= 0.6 is 22.9 Å². The zero-order chi connectivity index (χ0) is 27.4. The van der Waals surface area contributed by atoms with Gasteiger partial charge in [0.15, 0.2) is 0 Å². The highest BCUT2D eigenvalue weighted by atomic mass is 35.5. The van der Waals surface area contributed by atoms with Crippen LogP contribution in [-0.2, 0) is 17.8 Å². The number of anilines is 1. The lowest BCUT2D eigenvalue weighted by Gasteiger charge is -2.36. The number of thiophene rings is 1. The number of carbonyl (C=O) groups is 3. The monoisotopic (exact) mass is 554 g/mol. The number of nitrogens with one attached hydrogen (secondary N) is 2. The van der Waals surface area contributed by atoms with Crippen LogP contribution in [0.25, 0.3) is 0 Å². The maximum absolute atomic E-state index is 13.5. The number of fused-ring (bicyclic) bond motifs is 1. The van der Waals surface area contributed by atoms with Crippen LogP contribution in [0.1, 0.15) is 63.0 Å². The minimum absolute atomic E-state index is 0.00531. The van der Waals surface area contributed by atoms with Crippen LogP contribution < -0.4 is 16.4 Å². The highest BCUT2D eigenvalue weighted by Gasteiger charge is 2.36. The molecule has 0 fully saturated rings. The Hall–Kier alpha value is -3.24. The zero-order valence-electron chi connectivity index (χ0n) is 21.3. The molecule has 0 spiro atoms. The molecule has 1 aliphatic rings. The van der Waals surface area contributed by atoms with Gasteiger partial charge in [0.1, 0.15) is 5.54 Å². The van der Waals surface area contributed by atoms with E-state index in [2.05, 4.69) is 10.6 Å². The second-order valence-electron chi connectivity index (χ2n) is 9.80. The van der Waals surface area contributed by atoms with E-state index < -0.39 is 5.54 Å². The molecule has 38 heavy (non-hydrogen) atoms. The first kappa shape index (κ1) is 27.8. The highest BCUT2D eigenvalue weighted by Crippen LogP contribution is 2.27. The SMILES string of the molecule is CC(C)(NC(=O)c1ccc(Cl)s1)C(=O)N1CCc2cccc(C(=O)Nc3ccc(C(N)CCO)cc3)c2C1. The first-order valence-corrected chi connectivity index (χ1v) is 13.5. The van der Waals surface area contributed by atoms with Gasteiger partial charge in [0.25, 0.3) is 11.8 Å². The molecule has 4 rings (SSSR count). The van der Waals surface area contributed by atoms with E-state index in [-0.39, 0.29) is 36.9 Å². The number of carbonyl (C=O) groups excluding carboxylic acids is 3. The van der Waals surface area contributed by atoms with E-state index in [9.17, 15) is 14.4 Å². The molecule has 1 atom stereocenters. The van der Waals surface area contributed by atoms with E-state index in [1.807, 2.05) is 24.3 Å². The van der Waals surface area contributed by atoms with Crippen molar-refractivity contribution in [1.29, 1.82) is 0 Å². The summed E-state index contributed by atoms with van der Waals surface area (Å²) in [4.78, 5) is 41.5. The van der Waals surface area contributed by atoms with E-state index >= 15 is 0 Å². The fraction of sp³-hybridized carbons (Fsp3) is 0.321. The number of hydrogen-bond donors (Lipinski definition) is 4. The summed E-state index contributed by atoms with van der Waals surface area (Å²) in [6.07, 6.45) is 1.06. The Labute approximate surface area is 230 Å². The normalized spacial score (nSPS) is 14.0. The first-order chi connectivity index (χ1) is 18.1.